The lowest BCUT2D eigenvalue weighted by Crippen LogP contribution is -2.12. The second kappa shape index (κ2) is 4.28. The van der Waals surface area contributed by atoms with Crippen LogP contribution in [0.3, 0.4) is 0 Å². The summed E-state index contributed by atoms with van der Waals surface area (Å²) in [6.07, 6.45) is 2.34. The van der Waals surface area contributed by atoms with Crippen LogP contribution in [0.25, 0.3) is 0 Å². The summed E-state index contributed by atoms with van der Waals surface area (Å²) in [4.78, 5) is 11.5. The van der Waals surface area contributed by atoms with Crippen molar-refractivity contribution in [3.05, 3.63) is 47.6 Å². The van der Waals surface area contributed by atoms with Gasteiger partial charge in [-0.1, -0.05) is 5.16 Å². The number of carbonyl (C=O) groups is 1. The molecule has 2 rings (SSSR count). The number of halogens is 3. The van der Waals surface area contributed by atoms with Crippen LogP contribution in [0.15, 0.2) is 29.1 Å². The van der Waals surface area contributed by atoms with Gasteiger partial charge >= 0.3 is 0 Å². The molecule has 0 aliphatic carbocycles. The zero-order chi connectivity index (χ0) is 12.4. The molecule has 0 saturated heterocycles. The van der Waals surface area contributed by atoms with Gasteiger partial charge in [0.1, 0.15) is 12.0 Å². The highest BCUT2D eigenvalue weighted by molar-refractivity contribution is 6.04. The Hall–Kier alpha value is -2.31. The molecular weight excluding hydrogens is 237 g/mol. The van der Waals surface area contributed by atoms with Gasteiger partial charge in [0.25, 0.3) is 5.91 Å². The van der Waals surface area contributed by atoms with Crippen LogP contribution in [0.2, 0.25) is 0 Å². The first kappa shape index (κ1) is 11.2. The molecule has 0 atom stereocenters. The number of amides is 1. The van der Waals surface area contributed by atoms with Gasteiger partial charge in [-0.2, -0.15) is 0 Å². The fourth-order valence-electron chi connectivity index (χ4n) is 1.16. The maximum absolute atomic E-state index is 12.9. The van der Waals surface area contributed by atoms with Crippen molar-refractivity contribution in [2.45, 2.75) is 0 Å². The first-order valence-electron chi connectivity index (χ1n) is 4.43. The Morgan fingerprint density at radius 3 is 2.41 bits per heavy atom. The van der Waals surface area contributed by atoms with Crippen molar-refractivity contribution < 1.29 is 22.5 Å². The van der Waals surface area contributed by atoms with Gasteiger partial charge in [-0.05, 0) is 12.1 Å². The summed E-state index contributed by atoms with van der Waals surface area (Å²) in [5.41, 5.74) is -0.122. The minimum Gasteiger partial charge on any atom is -0.363 e. The quantitative estimate of drug-likeness (QED) is 0.822. The predicted molar refractivity (Wildman–Crippen MR) is 50.8 cm³/mol. The molecule has 0 bridgehead atoms. The Bertz CT molecular complexity index is 532. The third-order valence-corrected chi connectivity index (χ3v) is 1.94. The van der Waals surface area contributed by atoms with Crippen molar-refractivity contribution in [1.82, 2.24) is 5.16 Å². The van der Waals surface area contributed by atoms with Crippen LogP contribution < -0.4 is 5.32 Å². The van der Waals surface area contributed by atoms with E-state index in [-0.39, 0.29) is 11.3 Å². The number of rotatable bonds is 2. The molecule has 1 aromatic carbocycles. The molecule has 0 fully saturated rings. The molecule has 0 aliphatic heterocycles. The summed E-state index contributed by atoms with van der Waals surface area (Å²) >= 11 is 0. The minimum atomic E-state index is -1.62. The Morgan fingerprint density at radius 1 is 1.24 bits per heavy atom. The summed E-state index contributed by atoms with van der Waals surface area (Å²) in [6, 6.07) is 1.20. The van der Waals surface area contributed by atoms with E-state index >= 15 is 0 Å². The van der Waals surface area contributed by atoms with Crippen molar-refractivity contribution in [1.29, 1.82) is 0 Å². The second-order valence-electron chi connectivity index (χ2n) is 3.12. The monoisotopic (exact) mass is 242 g/mol. The molecule has 2 aromatic rings. The zero-order valence-electron chi connectivity index (χ0n) is 8.21. The van der Waals surface area contributed by atoms with E-state index in [1.807, 2.05) is 0 Å². The van der Waals surface area contributed by atoms with E-state index in [4.69, 9.17) is 0 Å². The molecule has 1 heterocycles. The standard InChI is InChI=1S/C10H5F3N2O2/c11-7-1-5(2-8(12)9(7)13)10(16)15-6-3-14-17-4-6/h1-4H,(H,15,16). The van der Waals surface area contributed by atoms with Crippen LogP contribution in [-0.2, 0) is 0 Å². The third-order valence-electron chi connectivity index (χ3n) is 1.94. The normalized spacial score (nSPS) is 10.3. The summed E-state index contributed by atoms with van der Waals surface area (Å²) in [6.45, 7) is 0. The fraction of sp³-hybridized carbons (Fsp3) is 0. The number of nitrogens with zero attached hydrogens (tertiary/aromatic N) is 1. The number of hydrogen-bond donors (Lipinski definition) is 1. The molecule has 0 aliphatic rings. The smallest absolute Gasteiger partial charge is 0.256 e. The number of benzene rings is 1. The molecule has 0 spiro atoms. The van der Waals surface area contributed by atoms with Crippen LogP contribution in [0, 0.1) is 17.5 Å². The Morgan fingerprint density at radius 2 is 1.88 bits per heavy atom. The van der Waals surface area contributed by atoms with Crippen LogP contribution in [0.4, 0.5) is 18.9 Å². The molecule has 0 saturated carbocycles. The molecule has 0 radical (unpaired) electrons. The Kier molecular flexibility index (Phi) is 2.82. The van der Waals surface area contributed by atoms with Crippen molar-refractivity contribution in [2.75, 3.05) is 5.32 Å². The molecule has 4 nitrogen and oxygen atoms in total. The van der Waals surface area contributed by atoms with Gasteiger partial charge in [-0.3, -0.25) is 4.79 Å². The number of carbonyl (C=O) groups excluding carboxylic acids is 1. The maximum Gasteiger partial charge on any atom is 0.256 e. The predicted octanol–water partition coefficient (Wildman–Crippen LogP) is 2.34. The molecule has 0 unspecified atom stereocenters. The Balaban J connectivity index is 2.26. The van der Waals surface area contributed by atoms with Gasteiger partial charge < -0.3 is 9.84 Å². The molecular formula is C10H5F3N2O2. The summed E-state index contributed by atoms with van der Waals surface area (Å²) in [5, 5.41) is 5.58. The van der Waals surface area contributed by atoms with Crippen LogP contribution in [-0.4, -0.2) is 11.1 Å². The van der Waals surface area contributed by atoms with E-state index in [0.29, 0.717) is 12.1 Å². The maximum atomic E-state index is 12.9. The van der Waals surface area contributed by atoms with Gasteiger partial charge in [0.05, 0.1) is 6.20 Å². The minimum absolute atomic E-state index is 0.222. The molecule has 88 valence electrons. The van der Waals surface area contributed by atoms with Crippen molar-refractivity contribution >= 4 is 11.6 Å². The topological polar surface area (TPSA) is 55.1 Å². The van der Waals surface area contributed by atoms with Gasteiger partial charge in [-0.15, -0.1) is 0 Å². The second-order valence-corrected chi connectivity index (χ2v) is 3.12. The lowest BCUT2D eigenvalue weighted by Gasteiger charge is -2.03. The van der Waals surface area contributed by atoms with Gasteiger partial charge in [0.15, 0.2) is 17.5 Å². The van der Waals surface area contributed by atoms with E-state index in [9.17, 15) is 18.0 Å². The number of nitrogens with one attached hydrogen (secondary N) is 1. The van der Waals surface area contributed by atoms with Crippen molar-refractivity contribution in [2.24, 2.45) is 0 Å². The van der Waals surface area contributed by atoms with Crippen molar-refractivity contribution in [3.63, 3.8) is 0 Å². The first-order chi connectivity index (χ1) is 8.08. The largest absolute Gasteiger partial charge is 0.363 e. The van der Waals surface area contributed by atoms with E-state index < -0.39 is 23.4 Å². The SMILES string of the molecule is O=C(Nc1cnoc1)c1cc(F)c(F)c(F)c1. The zero-order valence-corrected chi connectivity index (χ0v) is 8.21. The van der Waals surface area contributed by atoms with E-state index in [1.54, 1.807) is 0 Å². The van der Waals surface area contributed by atoms with E-state index in [0.717, 1.165) is 6.26 Å². The van der Waals surface area contributed by atoms with Crippen LogP contribution in [0.1, 0.15) is 10.4 Å². The molecule has 7 heteroatoms. The molecule has 1 aromatic heterocycles. The molecule has 1 N–H and O–H groups in total. The van der Waals surface area contributed by atoms with E-state index in [2.05, 4.69) is 15.0 Å². The van der Waals surface area contributed by atoms with Crippen LogP contribution >= 0.6 is 0 Å². The van der Waals surface area contributed by atoms with E-state index in [1.165, 1.54) is 6.20 Å². The Labute approximate surface area is 93.0 Å². The van der Waals surface area contributed by atoms with Crippen LogP contribution in [0.5, 0.6) is 0 Å². The molecule has 17 heavy (non-hydrogen) atoms. The number of anilines is 1. The molecule has 1 amide bonds. The highest BCUT2D eigenvalue weighted by Gasteiger charge is 2.15. The van der Waals surface area contributed by atoms with Crippen molar-refractivity contribution in [3.8, 4) is 0 Å². The average molecular weight is 242 g/mol. The summed E-state index contributed by atoms with van der Waals surface area (Å²) < 4.78 is 42.8. The average Bonchev–Trinajstić information content (AvgIpc) is 2.77. The fourth-order valence-corrected chi connectivity index (χ4v) is 1.16. The van der Waals surface area contributed by atoms with Gasteiger partial charge in [0, 0.05) is 5.56 Å². The van der Waals surface area contributed by atoms with Gasteiger partial charge in [0.2, 0.25) is 0 Å². The lowest BCUT2D eigenvalue weighted by atomic mass is 10.2. The van der Waals surface area contributed by atoms with Gasteiger partial charge in [-0.25, -0.2) is 13.2 Å². The summed E-state index contributed by atoms with van der Waals surface area (Å²) in [5.74, 6) is -5.28. The number of hydrogen-bond acceptors (Lipinski definition) is 3. The number of aromatic nitrogens is 1. The summed E-state index contributed by atoms with van der Waals surface area (Å²) in [7, 11) is 0. The highest BCUT2D eigenvalue weighted by Crippen LogP contribution is 2.15. The highest BCUT2D eigenvalue weighted by atomic mass is 19.2. The lowest BCUT2D eigenvalue weighted by molar-refractivity contribution is 0.102. The first-order valence-corrected chi connectivity index (χ1v) is 4.43. The third kappa shape index (κ3) is 2.27.